The molecule has 0 saturated carbocycles. The molecule has 1 N–H and O–H groups in total. The Morgan fingerprint density at radius 2 is 2.06 bits per heavy atom. The average Bonchev–Trinajstić information content (AvgIpc) is 2.82. The third kappa shape index (κ3) is 2.51. The molecule has 0 spiro atoms. The third-order valence-corrected chi connectivity index (χ3v) is 4.08. The lowest BCUT2D eigenvalue weighted by atomic mass is 9.86. The van der Waals surface area contributed by atoms with Crippen molar-refractivity contribution in [3.8, 4) is 0 Å². The fraction of sp³-hybridized carbons (Fsp3) is 0.846. The Bertz CT molecular complexity index is 392. The number of nitrogens with zero attached hydrogens (tertiary/aromatic N) is 3. The zero-order valence-corrected chi connectivity index (χ0v) is 12.0. The Balaban J connectivity index is 2.17. The van der Waals surface area contributed by atoms with Gasteiger partial charge in [-0.1, -0.05) is 18.9 Å². The fourth-order valence-corrected chi connectivity index (χ4v) is 2.61. The Labute approximate surface area is 109 Å². The van der Waals surface area contributed by atoms with E-state index < -0.39 is 0 Å². The Hall–Kier alpha value is -1.10. The minimum atomic E-state index is 0.0983. The maximum Gasteiger partial charge on any atom is 0.318 e. The fourth-order valence-electron chi connectivity index (χ4n) is 2.61. The van der Waals surface area contributed by atoms with Crippen molar-refractivity contribution in [3.63, 3.8) is 0 Å². The standard InChI is InChI=1S/C13H24N4O/c1-8-6-9(2)11(4)17(7-8)13-16-15-12(18-13)10(3)14-5/h8-11,14H,6-7H2,1-5H3. The highest BCUT2D eigenvalue weighted by Gasteiger charge is 2.32. The summed E-state index contributed by atoms with van der Waals surface area (Å²) in [5.41, 5.74) is 0. The lowest BCUT2D eigenvalue weighted by Gasteiger charge is -2.39. The number of hydrogen-bond acceptors (Lipinski definition) is 5. The van der Waals surface area contributed by atoms with Gasteiger partial charge in [0.1, 0.15) is 0 Å². The summed E-state index contributed by atoms with van der Waals surface area (Å²) in [7, 11) is 1.89. The summed E-state index contributed by atoms with van der Waals surface area (Å²) in [6.45, 7) is 9.83. The van der Waals surface area contributed by atoms with Gasteiger partial charge in [0.25, 0.3) is 0 Å². The molecule has 2 heterocycles. The van der Waals surface area contributed by atoms with Crippen LogP contribution in [0, 0.1) is 11.8 Å². The van der Waals surface area contributed by atoms with E-state index in [1.54, 1.807) is 0 Å². The second kappa shape index (κ2) is 5.26. The number of rotatable bonds is 3. The zero-order chi connectivity index (χ0) is 13.3. The minimum Gasteiger partial charge on any atom is -0.406 e. The summed E-state index contributed by atoms with van der Waals surface area (Å²) >= 11 is 0. The van der Waals surface area contributed by atoms with Gasteiger partial charge in [0.2, 0.25) is 5.89 Å². The zero-order valence-electron chi connectivity index (χ0n) is 12.0. The molecule has 0 aliphatic carbocycles. The van der Waals surface area contributed by atoms with Crippen LogP contribution in [-0.4, -0.2) is 29.8 Å². The molecule has 1 aromatic rings. The van der Waals surface area contributed by atoms with E-state index in [2.05, 4.69) is 41.2 Å². The molecule has 1 saturated heterocycles. The van der Waals surface area contributed by atoms with Crippen molar-refractivity contribution >= 4 is 6.01 Å². The van der Waals surface area contributed by atoms with Crippen LogP contribution in [0.2, 0.25) is 0 Å². The number of nitrogens with one attached hydrogen (secondary N) is 1. The van der Waals surface area contributed by atoms with Gasteiger partial charge < -0.3 is 14.6 Å². The van der Waals surface area contributed by atoms with Crippen LogP contribution in [0.15, 0.2) is 4.42 Å². The first-order chi connectivity index (χ1) is 8.52. The second-order valence-corrected chi connectivity index (χ2v) is 5.64. The lowest BCUT2D eigenvalue weighted by Crippen LogP contribution is -2.46. The van der Waals surface area contributed by atoms with Gasteiger partial charge in [0, 0.05) is 12.6 Å². The lowest BCUT2D eigenvalue weighted by molar-refractivity contribution is 0.280. The van der Waals surface area contributed by atoms with Crippen LogP contribution in [0.3, 0.4) is 0 Å². The molecule has 1 aliphatic heterocycles. The van der Waals surface area contributed by atoms with Crippen molar-refractivity contribution in [2.24, 2.45) is 11.8 Å². The van der Waals surface area contributed by atoms with E-state index in [-0.39, 0.29) is 6.04 Å². The summed E-state index contributed by atoms with van der Waals surface area (Å²) in [4.78, 5) is 2.25. The normalized spacial score (nSPS) is 30.5. The molecule has 5 heteroatoms. The van der Waals surface area contributed by atoms with E-state index >= 15 is 0 Å². The predicted molar refractivity (Wildman–Crippen MR) is 71.5 cm³/mol. The third-order valence-electron chi connectivity index (χ3n) is 4.08. The molecule has 1 fully saturated rings. The van der Waals surface area contributed by atoms with E-state index in [0.717, 1.165) is 6.54 Å². The van der Waals surface area contributed by atoms with E-state index in [1.165, 1.54) is 6.42 Å². The van der Waals surface area contributed by atoms with E-state index in [1.807, 2.05) is 14.0 Å². The molecule has 0 aromatic carbocycles. The van der Waals surface area contributed by atoms with E-state index in [9.17, 15) is 0 Å². The molecule has 18 heavy (non-hydrogen) atoms. The first kappa shape index (κ1) is 13.3. The highest BCUT2D eigenvalue weighted by atomic mass is 16.4. The molecular weight excluding hydrogens is 228 g/mol. The van der Waals surface area contributed by atoms with Crippen LogP contribution >= 0.6 is 0 Å². The molecule has 5 nitrogen and oxygen atoms in total. The maximum atomic E-state index is 5.78. The van der Waals surface area contributed by atoms with Crippen LogP contribution < -0.4 is 10.2 Å². The van der Waals surface area contributed by atoms with Crippen LogP contribution in [0.25, 0.3) is 0 Å². The smallest absolute Gasteiger partial charge is 0.318 e. The van der Waals surface area contributed by atoms with E-state index in [4.69, 9.17) is 4.42 Å². The molecule has 0 radical (unpaired) electrons. The number of aromatic nitrogens is 2. The SMILES string of the molecule is CNC(C)c1nnc(N2CC(C)CC(C)C2C)o1. The van der Waals surface area contributed by atoms with Gasteiger partial charge in [-0.25, -0.2) is 0 Å². The summed E-state index contributed by atoms with van der Waals surface area (Å²) < 4.78 is 5.78. The summed E-state index contributed by atoms with van der Waals surface area (Å²) in [5, 5.41) is 11.4. The first-order valence-corrected chi connectivity index (χ1v) is 6.80. The van der Waals surface area contributed by atoms with E-state index in [0.29, 0.717) is 29.8 Å². The molecular formula is C13H24N4O. The van der Waals surface area contributed by atoms with Gasteiger partial charge >= 0.3 is 6.01 Å². The summed E-state index contributed by atoms with van der Waals surface area (Å²) in [6.07, 6.45) is 1.27. The molecule has 102 valence electrons. The highest BCUT2D eigenvalue weighted by molar-refractivity contribution is 5.28. The van der Waals surface area contributed by atoms with Crippen LogP contribution in [0.1, 0.15) is 46.0 Å². The largest absolute Gasteiger partial charge is 0.406 e. The molecule has 2 rings (SSSR count). The van der Waals surface area contributed by atoms with Gasteiger partial charge in [-0.3, -0.25) is 0 Å². The number of hydrogen-bond donors (Lipinski definition) is 1. The highest BCUT2D eigenvalue weighted by Crippen LogP contribution is 2.30. The summed E-state index contributed by atoms with van der Waals surface area (Å²) in [5.74, 6) is 1.99. The second-order valence-electron chi connectivity index (χ2n) is 5.64. The molecule has 4 unspecified atom stereocenters. The predicted octanol–water partition coefficient (Wildman–Crippen LogP) is 2.22. The monoisotopic (exact) mass is 252 g/mol. The van der Waals surface area contributed by atoms with Gasteiger partial charge in [0.15, 0.2) is 0 Å². The van der Waals surface area contributed by atoms with Crippen LogP contribution in [-0.2, 0) is 0 Å². The van der Waals surface area contributed by atoms with Crippen molar-refractivity contribution in [2.75, 3.05) is 18.5 Å². The van der Waals surface area contributed by atoms with Crippen LogP contribution in [0.5, 0.6) is 0 Å². The topological polar surface area (TPSA) is 54.2 Å². The molecule has 0 bridgehead atoms. The average molecular weight is 252 g/mol. The number of piperidine rings is 1. The first-order valence-electron chi connectivity index (χ1n) is 6.80. The molecule has 4 atom stereocenters. The van der Waals surface area contributed by atoms with Crippen molar-refractivity contribution in [1.82, 2.24) is 15.5 Å². The molecule has 1 aliphatic rings. The number of anilines is 1. The summed E-state index contributed by atoms with van der Waals surface area (Å²) in [6, 6.07) is 1.22. The maximum absolute atomic E-state index is 5.78. The Morgan fingerprint density at radius 1 is 1.33 bits per heavy atom. The van der Waals surface area contributed by atoms with Crippen LogP contribution in [0.4, 0.5) is 6.01 Å². The van der Waals surface area contributed by atoms with Crippen molar-refractivity contribution in [2.45, 2.75) is 46.2 Å². The van der Waals surface area contributed by atoms with Crippen molar-refractivity contribution < 1.29 is 4.42 Å². The Kier molecular flexibility index (Phi) is 3.90. The van der Waals surface area contributed by atoms with Gasteiger partial charge in [-0.2, -0.15) is 0 Å². The van der Waals surface area contributed by atoms with Gasteiger partial charge in [0.05, 0.1) is 6.04 Å². The van der Waals surface area contributed by atoms with Gasteiger partial charge in [-0.05, 0) is 39.2 Å². The van der Waals surface area contributed by atoms with Crippen molar-refractivity contribution in [1.29, 1.82) is 0 Å². The quantitative estimate of drug-likeness (QED) is 0.894. The van der Waals surface area contributed by atoms with Crippen molar-refractivity contribution in [3.05, 3.63) is 5.89 Å². The minimum absolute atomic E-state index is 0.0983. The molecule has 0 amide bonds. The Morgan fingerprint density at radius 3 is 2.72 bits per heavy atom. The van der Waals surface area contributed by atoms with Gasteiger partial charge in [-0.15, -0.1) is 5.10 Å². The molecule has 1 aromatic heterocycles.